The molecular weight excluding hydrogens is 474 g/mol. The summed E-state index contributed by atoms with van der Waals surface area (Å²) in [5, 5.41) is 5.15. The predicted molar refractivity (Wildman–Crippen MR) is 125 cm³/mol. The molecule has 2 aromatic heterocycles. The Kier molecular flexibility index (Phi) is 6.64. The van der Waals surface area contributed by atoms with E-state index in [1.54, 1.807) is 42.7 Å². The number of aromatic nitrogens is 1. The van der Waals surface area contributed by atoms with Crippen molar-refractivity contribution >= 4 is 27.7 Å². The van der Waals surface area contributed by atoms with Gasteiger partial charge in [-0.15, -0.1) is 0 Å². The second kappa shape index (κ2) is 9.51. The number of esters is 1. The quantitative estimate of drug-likeness (QED) is 0.388. The van der Waals surface area contributed by atoms with E-state index >= 15 is 0 Å². The van der Waals surface area contributed by atoms with Crippen molar-refractivity contribution in [2.75, 3.05) is 13.2 Å². The molecule has 3 aromatic rings. The highest BCUT2D eigenvalue weighted by atomic mass is 32.2. The summed E-state index contributed by atoms with van der Waals surface area (Å²) in [6.45, 7) is 3.49. The summed E-state index contributed by atoms with van der Waals surface area (Å²) in [5.74, 6) is -1.27. The lowest BCUT2D eigenvalue weighted by molar-refractivity contribution is -0.147. The van der Waals surface area contributed by atoms with Gasteiger partial charge in [-0.1, -0.05) is 0 Å². The molecular formula is C24H25N3O7S. The van der Waals surface area contributed by atoms with E-state index < -0.39 is 34.5 Å². The van der Waals surface area contributed by atoms with Crippen LogP contribution in [0.15, 0.2) is 58.0 Å². The highest BCUT2D eigenvalue weighted by Gasteiger charge is 2.37. The summed E-state index contributed by atoms with van der Waals surface area (Å²) in [4.78, 5) is 39.6. The number of nitrogens with two attached hydrogens (primary N) is 1. The third kappa shape index (κ3) is 4.91. The lowest BCUT2D eigenvalue weighted by Gasteiger charge is -2.22. The average Bonchev–Trinajstić information content (AvgIpc) is 3.57. The molecule has 1 aliphatic heterocycles. The van der Waals surface area contributed by atoms with Crippen molar-refractivity contribution < 1.29 is 32.0 Å². The Morgan fingerprint density at radius 1 is 1.14 bits per heavy atom. The molecule has 4 rings (SSSR count). The van der Waals surface area contributed by atoms with Crippen LogP contribution in [0.25, 0.3) is 5.69 Å². The Labute approximate surface area is 202 Å². The molecule has 3 heterocycles. The van der Waals surface area contributed by atoms with E-state index in [-0.39, 0.29) is 16.4 Å². The van der Waals surface area contributed by atoms with Gasteiger partial charge in [0.2, 0.25) is 15.8 Å². The van der Waals surface area contributed by atoms with Crippen molar-refractivity contribution in [2.45, 2.75) is 37.6 Å². The zero-order chi connectivity index (χ0) is 25.3. The number of nitrogens with zero attached hydrogens (tertiary/aromatic N) is 2. The first-order valence-corrected chi connectivity index (χ1v) is 12.5. The highest BCUT2D eigenvalue weighted by molar-refractivity contribution is 7.89. The minimum absolute atomic E-state index is 0.0154. The largest absolute Gasteiger partial charge is 0.459 e. The molecule has 0 aliphatic carbocycles. The molecule has 1 fully saturated rings. The first kappa shape index (κ1) is 24.4. The normalized spacial score (nSPS) is 15.9. The first-order chi connectivity index (χ1) is 16.6. The van der Waals surface area contributed by atoms with Crippen LogP contribution in [0, 0.1) is 13.8 Å². The SMILES string of the molecule is Cc1cc(C(=O)COC(=O)[C@@H]2CCCN2C(=O)c2ccco2)c(C)n1-c1ccc(S(N)(=O)=O)cc1. The van der Waals surface area contributed by atoms with Gasteiger partial charge in [-0.2, -0.15) is 0 Å². The Morgan fingerprint density at radius 2 is 1.86 bits per heavy atom. The Hall–Kier alpha value is -3.70. The van der Waals surface area contributed by atoms with Crippen LogP contribution in [-0.4, -0.2) is 54.7 Å². The molecule has 1 saturated heterocycles. The van der Waals surface area contributed by atoms with Crippen molar-refractivity contribution in [3.05, 3.63) is 71.4 Å². The molecule has 0 spiro atoms. The smallest absolute Gasteiger partial charge is 0.329 e. The molecule has 1 aromatic carbocycles. The van der Waals surface area contributed by atoms with Gasteiger partial charge in [-0.3, -0.25) is 9.59 Å². The number of hydrogen-bond donors (Lipinski definition) is 1. The van der Waals surface area contributed by atoms with Gasteiger partial charge in [0.25, 0.3) is 5.91 Å². The van der Waals surface area contributed by atoms with Gasteiger partial charge in [-0.25, -0.2) is 18.4 Å². The van der Waals surface area contributed by atoms with Gasteiger partial charge < -0.3 is 18.6 Å². The van der Waals surface area contributed by atoms with Gasteiger partial charge >= 0.3 is 5.97 Å². The van der Waals surface area contributed by atoms with E-state index in [4.69, 9.17) is 14.3 Å². The topological polar surface area (TPSA) is 142 Å². The van der Waals surface area contributed by atoms with Crippen molar-refractivity contribution in [3.63, 3.8) is 0 Å². The number of hydrogen-bond acceptors (Lipinski definition) is 7. The van der Waals surface area contributed by atoms with Gasteiger partial charge in [-0.05, 0) is 69.2 Å². The number of likely N-dealkylation sites (tertiary alicyclic amines) is 1. The van der Waals surface area contributed by atoms with E-state index in [1.165, 1.54) is 29.4 Å². The van der Waals surface area contributed by atoms with Crippen molar-refractivity contribution in [1.82, 2.24) is 9.47 Å². The van der Waals surface area contributed by atoms with E-state index in [9.17, 15) is 22.8 Å². The minimum Gasteiger partial charge on any atom is -0.459 e. The van der Waals surface area contributed by atoms with Gasteiger partial charge in [0.05, 0.1) is 11.2 Å². The summed E-state index contributed by atoms with van der Waals surface area (Å²) in [5.41, 5.74) is 2.39. The number of carbonyl (C=O) groups is 3. The van der Waals surface area contributed by atoms with Gasteiger partial charge in [0.1, 0.15) is 6.04 Å². The van der Waals surface area contributed by atoms with E-state index in [2.05, 4.69) is 0 Å². The van der Waals surface area contributed by atoms with E-state index in [1.807, 2.05) is 0 Å². The summed E-state index contributed by atoms with van der Waals surface area (Å²) in [6.07, 6.45) is 2.48. The maximum atomic E-state index is 12.9. The minimum atomic E-state index is -3.82. The van der Waals surface area contributed by atoms with Gasteiger partial charge in [0.15, 0.2) is 12.4 Å². The molecule has 11 heteroatoms. The number of Topliss-reactive ketones (excluding diaryl/α,β-unsaturated/α-hetero) is 1. The van der Waals surface area contributed by atoms with Crippen LogP contribution in [0.1, 0.15) is 45.1 Å². The molecule has 184 valence electrons. The fraction of sp³-hybridized carbons (Fsp3) is 0.292. The molecule has 1 atom stereocenters. The van der Waals surface area contributed by atoms with Crippen LogP contribution < -0.4 is 5.14 Å². The third-order valence-electron chi connectivity index (χ3n) is 6.02. The number of amides is 1. The molecule has 0 unspecified atom stereocenters. The molecule has 35 heavy (non-hydrogen) atoms. The Balaban J connectivity index is 1.45. The molecule has 1 amide bonds. The summed E-state index contributed by atoms with van der Waals surface area (Å²) in [6, 6.07) is 10.0. The maximum Gasteiger partial charge on any atom is 0.329 e. The summed E-state index contributed by atoms with van der Waals surface area (Å²) in [7, 11) is -3.82. The standard InChI is InChI=1S/C24H25N3O7S/c1-15-13-19(16(2)27(15)17-7-9-18(10-8-17)35(25,31)32)21(28)14-34-24(30)20-5-3-11-26(20)23(29)22-6-4-12-33-22/h4,6-10,12-13,20H,3,5,11,14H2,1-2H3,(H2,25,31,32)/t20-/m0/s1. The fourth-order valence-corrected chi connectivity index (χ4v) is 4.85. The number of benzene rings is 1. The molecule has 10 nitrogen and oxygen atoms in total. The zero-order valence-electron chi connectivity index (χ0n) is 19.3. The lowest BCUT2D eigenvalue weighted by atomic mass is 10.1. The van der Waals surface area contributed by atoms with Crippen LogP contribution in [0.4, 0.5) is 0 Å². The number of primary sulfonamides is 1. The second-order valence-corrected chi connectivity index (χ2v) is 9.89. The maximum absolute atomic E-state index is 12.9. The average molecular weight is 500 g/mol. The molecule has 0 bridgehead atoms. The van der Waals surface area contributed by atoms with Crippen LogP contribution in [0.3, 0.4) is 0 Å². The Morgan fingerprint density at radius 3 is 2.49 bits per heavy atom. The second-order valence-electron chi connectivity index (χ2n) is 8.32. The zero-order valence-corrected chi connectivity index (χ0v) is 20.1. The lowest BCUT2D eigenvalue weighted by Crippen LogP contribution is -2.41. The van der Waals surface area contributed by atoms with E-state index in [0.717, 1.165) is 5.69 Å². The summed E-state index contributed by atoms with van der Waals surface area (Å²) >= 11 is 0. The van der Waals surface area contributed by atoms with Crippen LogP contribution in [-0.2, 0) is 19.6 Å². The Bertz CT molecular complexity index is 1370. The monoisotopic (exact) mass is 499 g/mol. The van der Waals surface area contributed by atoms with Crippen LogP contribution >= 0.6 is 0 Å². The number of ketones is 1. The third-order valence-corrected chi connectivity index (χ3v) is 6.95. The van der Waals surface area contributed by atoms with Crippen LogP contribution in [0.5, 0.6) is 0 Å². The molecule has 0 saturated carbocycles. The van der Waals surface area contributed by atoms with E-state index in [0.29, 0.717) is 36.3 Å². The number of sulfonamides is 1. The molecule has 1 aliphatic rings. The van der Waals surface area contributed by atoms with Crippen molar-refractivity contribution in [2.24, 2.45) is 5.14 Å². The van der Waals surface area contributed by atoms with Crippen molar-refractivity contribution in [3.8, 4) is 5.69 Å². The predicted octanol–water partition coefficient (Wildman–Crippen LogP) is 2.37. The molecule has 0 radical (unpaired) electrons. The number of carbonyl (C=O) groups excluding carboxylic acids is 3. The number of ether oxygens (including phenoxy) is 1. The molecule has 2 N–H and O–H groups in total. The summed E-state index contributed by atoms with van der Waals surface area (Å²) < 4.78 is 35.2. The number of aryl methyl sites for hydroxylation is 1. The fourth-order valence-electron chi connectivity index (χ4n) is 4.33. The highest BCUT2D eigenvalue weighted by Crippen LogP contribution is 2.24. The first-order valence-electron chi connectivity index (χ1n) is 10.9. The van der Waals surface area contributed by atoms with Gasteiger partial charge in [0, 0.05) is 29.2 Å². The number of furan rings is 1. The number of rotatable bonds is 7. The van der Waals surface area contributed by atoms with Crippen molar-refractivity contribution in [1.29, 1.82) is 0 Å². The van der Waals surface area contributed by atoms with Crippen LogP contribution in [0.2, 0.25) is 0 Å².